The normalized spacial score (nSPS) is 15.3. The number of pyridine rings is 1. The van der Waals surface area contributed by atoms with Gasteiger partial charge in [0.15, 0.2) is 15.8 Å². The van der Waals surface area contributed by atoms with Crippen LogP contribution in [0.15, 0.2) is 47.5 Å². The van der Waals surface area contributed by atoms with E-state index < -0.39 is 27.0 Å². The lowest BCUT2D eigenvalue weighted by atomic mass is 10.2. The van der Waals surface area contributed by atoms with E-state index in [1.165, 1.54) is 16.7 Å². The first-order valence-corrected chi connectivity index (χ1v) is 13.8. The van der Waals surface area contributed by atoms with Gasteiger partial charge in [0.25, 0.3) is 6.43 Å². The molecule has 0 atom stereocenters. The Hall–Kier alpha value is -2.51. The summed E-state index contributed by atoms with van der Waals surface area (Å²) in [6, 6.07) is 11.3. The Morgan fingerprint density at radius 1 is 1.22 bits per heavy atom. The molecule has 0 spiro atoms. The SMILES string of the molecule is CN(Cc1ccccc1)Cc1nc(-c2nnc(C(F)F)s2)n2cc(S(=O)(=O)NC3(C)CC3)cc(Cl)c12. The first-order chi connectivity index (χ1) is 17.0. The average Bonchev–Trinajstić information content (AvgIpc) is 3.20. The van der Waals surface area contributed by atoms with Crippen molar-refractivity contribution in [3.63, 3.8) is 0 Å². The summed E-state index contributed by atoms with van der Waals surface area (Å²) in [4.78, 5) is 6.65. The molecule has 0 radical (unpaired) electrons. The zero-order valence-electron chi connectivity index (χ0n) is 19.5. The molecule has 1 saturated carbocycles. The largest absolute Gasteiger partial charge is 0.296 e. The first-order valence-electron chi connectivity index (χ1n) is 11.1. The van der Waals surface area contributed by atoms with E-state index >= 15 is 0 Å². The molecule has 1 aliphatic carbocycles. The van der Waals surface area contributed by atoms with E-state index in [4.69, 9.17) is 11.6 Å². The smallest absolute Gasteiger partial charge is 0.291 e. The predicted molar refractivity (Wildman–Crippen MR) is 134 cm³/mol. The maximum Gasteiger partial charge on any atom is 0.291 e. The highest BCUT2D eigenvalue weighted by molar-refractivity contribution is 7.89. The Bertz CT molecular complexity index is 1520. The van der Waals surface area contributed by atoms with E-state index in [0.29, 0.717) is 35.6 Å². The monoisotopic (exact) mass is 552 g/mol. The Kier molecular flexibility index (Phi) is 6.58. The average molecular weight is 553 g/mol. The van der Waals surface area contributed by atoms with Crippen molar-refractivity contribution < 1.29 is 17.2 Å². The summed E-state index contributed by atoms with van der Waals surface area (Å²) in [5.74, 6) is 0.203. The molecule has 3 heterocycles. The van der Waals surface area contributed by atoms with E-state index in [1.807, 2.05) is 49.2 Å². The van der Waals surface area contributed by atoms with Gasteiger partial charge in [0.05, 0.1) is 16.2 Å². The van der Waals surface area contributed by atoms with E-state index in [9.17, 15) is 17.2 Å². The third kappa shape index (κ3) is 5.14. The van der Waals surface area contributed by atoms with E-state index in [2.05, 4.69) is 19.9 Å². The molecule has 1 aliphatic rings. The van der Waals surface area contributed by atoms with Crippen molar-refractivity contribution in [1.29, 1.82) is 0 Å². The summed E-state index contributed by atoms with van der Waals surface area (Å²) < 4.78 is 56.8. The Balaban J connectivity index is 1.59. The van der Waals surface area contributed by atoms with Crippen LogP contribution in [-0.4, -0.2) is 45.5 Å². The minimum atomic E-state index is -3.88. The fourth-order valence-corrected chi connectivity index (χ4v) is 6.47. The molecule has 1 fully saturated rings. The highest BCUT2D eigenvalue weighted by Gasteiger charge is 2.41. The van der Waals surface area contributed by atoms with Crippen LogP contribution in [0.4, 0.5) is 8.78 Å². The van der Waals surface area contributed by atoms with Gasteiger partial charge in [-0.15, -0.1) is 10.2 Å². The molecule has 0 saturated heterocycles. The van der Waals surface area contributed by atoms with Gasteiger partial charge in [-0.05, 0) is 38.4 Å². The zero-order chi connectivity index (χ0) is 25.7. The maximum absolute atomic E-state index is 13.2. The van der Waals surface area contributed by atoms with Crippen molar-refractivity contribution in [2.75, 3.05) is 7.05 Å². The van der Waals surface area contributed by atoms with Crippen LogP contribution in [-0.2, 0) is 23.1 Å². The van der Waals surface area contributed by atoms with Crippen LogP contribution in [0.3, 0.4) is 0 Å². The molecule has 1 aromatic carbocycles. The molecule has 0 aliphatic heterocycles. The lowest BCUT2D eigenvalue weighted by molar-refractivity contribution is 0.150. The van der Waals surface area contributed by atoms with Crippen LogP contribution in [0.2, 0.25) is 5.02 Å². The molecule has 190 valence electrons. The van der Waals surface area contributed by atoms with Gasteiger partial charge >= 0.3 is 0 Å². The second-order valence-corrected chi connectivity index (χ2v) is 12.3. The Morgan fingerprint density at radius 2 is 1.94 bits per heavy atom. The summed E-state index contributed by atoms with van der Waals surface area (Å²) in [5.41, 5.74) is 1.67. The van der Waals surface area contributed by atoms with Gasteiger partial charge in [0.2, 0.25) is 10.0 Å². The van der Waals surface area contributed by atoms with Crippen LogP contribution in [0.5, 0.6) is 0 Å². The molecule has 0 bridgehead atoms. The topological polar surface area (TPSA) is 92.5 Å². The molecule has 4 aromatic rings. The van der Waals surface area contributed by atoms with Gasteiger partial charge in [-0.3, -0.25) is 9.30 Å². The molecule has 8 nitrogen and oxygen atoms in total. The predicted octanol–water partition coefficient (Wildman–Crippen LogP) is 4.91. The summed E-state index contributed by atoms with van der Waals surface area (Å²) >= 11 is 7.34. The Morgan fingerprint density at radius 3 is 2.58 bits per heavy atom. The van der Waals surface area contributed by atoms with Gasteiger partial charge in [-0.1, -0.05) is 53.3 Å². The second kappa shape index (κ2) is 9.42. The van der Waals surface area contributed by atoms with Crippen molar-refractivity contribution >= 4 is 38.5 Å². The number of aromatic nitrogens is 4. The highest BCUT2D eigenvalue weighted by Crippen LogP contribution is 2.37. The summed E-state index contributed by atoms with van der Waals surface area (Å²) in [7, 11) is -1.96. The number of nitrogens with one attached hydrogen (secondary N) is 1. The van der Waals surface area contributed by atoms with Gasteiger partial charge in [-0.2, -0.15) is 0 Å². The van der Waals surface area contributed by atoms with Gasteiger partial charge in [-0.25, -0.2) is 26.9 Å². The standard InChI is InChI=1S/C23H23ClF2N6O2S2/c1-23(8-9-23)30-36(33,34)15-10-16(24)18-17(13-31(2)11-14-6-4-3-5-7-14)27-20(32(18)12-15)22-29-28-21(35-22)19(25)26/h3-7,10,12,19,30H,8-9,11,13H2,1-2H3. The Labute approximate surface area is 216 Å². The highest BCUT2D eigenvalue weighted by atomic mass is 35.5. The number of hydrogen-bond donors (Lipinski definition) is 1. The molecular formula is C23H23ClF2N6O2S2. The van der Waals surface area contributed by atoms with Gasteiger partial charge in [0.1, 0.15) is 4.90 Å². The molecule has 1 N–H and O–H groups in total. The van der Waals surface area contributed by atoms with Crippen molar-refractivity contribution in [3.8, 4) is 10.8 Å². The van der Waals surface area contributed by atoms with Crippen LogP contribution in [0, 0.1) is 0 Å². The number of alkyl halides is 2. The van der Waals surface area contributed by atoms with Crippen LogP contribution < -0.4 is 4.72 Å². The zero-order valence-corrected chi connectivity index (χ0v) is 21.8. The van der Waals surface area contributed by atoms with E-state index in [1.54, 1.807) is 0 Å². The molecule has 36 heavy (non-hydrogen) atoms. The number of sulfonamides is 1. The van der Waals surface area contributed by atoms with E-state index in [-0.39, 0.29) is 20.8 Å². The summed E-state index contributed by atoms with van der Waals surface area (Å²) in [6.45, 7) is 2.85. The second-order valence-electron chi connectivity index (χ2n) is 9.19. The number of benzene rings is 1. The van der Waals surface area contributed by atoms with Crippen LogP contribution >= 0.6 is 22.9 Å². The van der Waals surface area contributed by atoms with Crippen molar-refractivity contribution in [2.45, 2.75) is 49.7 Å². The van der Waals surface area contributed by atoms with Crippen LogP contribution in [0.25, 0.3) is 16.3 Å². The van der Waals surface area contributed by atoms with E-state index in [0.717, 1.165) is 18.4 Å². The van der Waals surface area contributed by atoms with Crippen molar-refractivity contribution in [3.05, 3.63) is 63.9 Å². The lowest BCUT2D eigenvalue weighted by Crippen LogP contribution is -2.34. The molecule has 5 rings (SSSR count). The number of rotatable bonds is 9. The maximum atomic E-state index is 13.2. The van der Waals surface area contributed by atoms with Crippen molar-refractivity contribution in [2.24, 2.45) is 0 Å². The third-order valence-electron chi connectivity index (χ3n) is 5.96. The number of halogens is 3. The van der Waals surface area contributed by atoms with Crippen LogP contribution in [0.1, 0.15) is 42.5 Å². The number of hydrogen-bond acceptors (Lipinski definition) is 7. The fourth-order valence-electron chi connectivity index (χ4n) is 3.92. The fraction of sp³-hybridized carbons (Fsp3) is 0.348. The number of fused-ring (bicyclic) bond motifs is 1. The molecular weight excluding hydrogens is 530 g/mol. The van der Waals surface area contributed by atoms with Crippen molar-refractivity contribution in [1.82, 2.24) is 29.2 Å². The minimum absolute atomic E-state index is 0.0467. The molecule has 13 heteroatoms. The summed E-state index contributed by atoms with van der Waals surface area (Å²) in [5, 5.41) is 7.34. The molecule has 0 amide bonds. The molecule has 3 aromatic heterocycles. The summed E-state index contributed by atoms with van der Waals surface area (Å²) in [6.07, 6.45) is 0.124. The lowest BCUT2D eigenvalue weighted by Gasteiger charge is -2.16. The van der Waals surface area contributed by atoms with Gasteiger partial charge < -0.3 is 0 Å². The van der Waals surface area contributed by atoms with Gasteiger partial charge in [0, 0.05) is 24.8 Å². The number of nitrogens with zero attached hydrogens (tertiary/aromatic N) is 5. The quantitative estimate of drug-likeness (QED) is 0.317. The first kappa shape index (κ1) is 25.2. The number of imidazole rings is 1. The molecule has 0 unspecified atom stereocenters. The third-order valence-corrected chi connectivity index (χ3v) is 8.78. The minimum Gasteiger partial charge on any atom is -0.296 e.